The number of nitrogen functional groups attached to an aromatic ring is 1. The summed E-state index contributed by atoms with van der Waals surface area (Å²) in [5, 5.41) is 2.03. The summed E-state index contributed by atoms with van der Waals surface area (Å²) >= 11 is 1.69. The van der Waals surface area contributed by atoms with Crippen LogP contribution in [0, 0.1) is 0 Å². The van der Waals surface area contributed by atoms with Crippen LogP contribution < -0.4 is 10.5 Å². The molecule has 2 aromatic rings. The van der Waals surface area contributed by atoms with Gasteiger partial charge in [0.25, 0.3) is 0 Å². The van der Waals surface area contributed by atoms with Gasteiger partial charge in [-0.05, 0) is 29.6 Å². The van der Waals surface area contributed by atoms with Gasteiger partial charge in [0.15, 0.2) is 0 Å². The van der Waals surface area contributed by atoms with E-state index >= 15 is 0 Å². The Morgan fingerprint density at radius 3 is 2.89 bits per heavy atom. The highest BCUT2D eigenvalue weighted by molar-refractivity contribution is 7.09. The Morgan fingerprint density at radius 2 is 2.21 bits per heavy atom. The average molecular weight is 277 g/mol. The zero-order valence-electron chi connectivity index (χ0n) is 10.6. The number of carbonyl (C=O) groups excluding carboxylic acids is 1. The molecule has 0 aliphatic heterocycles. The standard InChI is InChI=1S/C14H15NO3S/c1-17-14(16)10-4-5-12(15)13(9-10)18-7-6-11-3-2-8-19-11/h2-5,8-9H,6-7,15H2,1H3. The Bertz CT molecular complexity index is 552. The first-order chi connectivity index (χ1) is 9.20. The van der Waals surface area contributed by atoms with Crippen LogP contribution in [0.2, 0.25) is 0 Å². The molecule has 0 bridgehead atoms. The van der Waals surface area contributed by atoms with Crippen LogP contribution in [0.5, 0.6) is 5.75 Å². The number of carbonyl (C=O) groups is 1. The van der Waals surface area contributed by atoms with Crippen molar-refractivity contribution in [3.8, 4) is 5.75 Å². The largest absolute Gasteiger partial charge is 0.491 e. The van der Waals surface area contributed by atoms with Crippen molar-refractivity contribution in [1.29, 1.82) is 0 Å². The molecule has 0 amide bonds. The highest BCUT2D eigenvalue weighted by atomic mass is 32.1. The minimum absolute atomic E-state index is 0.400. The molecule has 0 saturated heterocycles. The maximum atomic E-state index is 11.4. The number of esters is 1. The summed E-state index contributed by atoms with van der Waals surface area (Å²) in [6.45, 7) is 0.523. The van der Waals surface area contributed by atoms with Crippen LogP contribution in [0.15, 0.2) is 35.7 Å². The van der Waals surface area contributed by atoms with Crippen LogP contribution in [0.1, 0.15) is 15.2 Å². The second kappa shape index (κ2) is 6.24. The Balaban J connectivity index is 2.00. The van der Waals surface area contributed by atoms with Gasteiger partial charge >= 0.3 is 5.97 Å². The van der Waals surface area contributed by atoms with Crippen molar-refractivity contribution in [2.45, 2.75) is 6.42 Å². The molecule has 0 spiro atoms. The normalized spacial score (nSPS) is 10.2. The molecule has 19 heavy (non-hydrogen) atoms. The molecule has 4 nitrogen and oxygen atoms in total. The van der Waals surface area contributed by atoms with Crippen molar-refractivity contribution < 1.29 is 14.3 Å². The lowest BCUT2D eigenvalue weighted by molar-refractivity contribution is 0.0600. The molecule has 0 aliphatic rings. The SMILES string of the molecule is COC(=O)c1ccc(N)c(OCCc2cccs2)c1. The summed E-state index contributed by atoms with van der Waals surface area (Å²) in [5.41, 5.74) is 6.76. The van der Waals surface area contributed by atoms with E-state index in [1.165, 1.54) is 12.0 Å². The first kappa shape index (κ1) is 13.4. The van der Waals surface area contributed by atoms with Crippen molar-refractivity contribution in [2.75, 3.05) is 19.5 Å². The second-order valence-corrected chi connectivity index (χ2v) is 4.95. The van der Waals surface area contributed by atoms with Gasteiger partial charge in [0.05, 0.1) is 25.0 Å². The molecule has 1 heterocycles. The third-order valence-corrected chi connectivity index (χ3v) is 3.56. The Morgan fingerprint density at radius 1 is 1.37 bits per heavy atom. The Labute approximate surface area is 115 Å². The molecule has 2 rings (SSSR count). The first-order valence-electron chi connectivity index (χ1n) is 5.83. The van der Waals surface area contributed by atoms with Crippen LogP contribution in [-0.4, -0.2) is 19.7 Å². The van der Waals surface area contributed by atoms with E-state index in [4.69, 9.17) is 10.5 Å². The van der Waals surface area contributed by atoms with Gasteiger partial charge in [-0.25, -0.2) is 4.79 Å². The first-order valence-corrected chi connectivity index (χ1v) is 6.71. The van der Waals surface area contributed by atoms with Crippen molar-refractivity contribution in [2.24, 2.45) is 0 Å². The number of benzene rings is 1. The van der Waals surface area contributed by atoms with Crippen LogP contribution in [-0.2, 0) is 11.2 Å². The van der Waals surface area contributed by atoms with Gasteiger partial charge in [-0.15, -0.1) is 11.3 Å². The number of anilines is 1. The molecule has 100 valence electrons. The third kappa shape index (κ3) is 3.48. The summed E-state index contributed by atoms with van der Waals surface area (Å²) in [5.74, 6) is 0.113. The topological polar surface area (TPSA) is 61.5 Å². The lowest BCUT2D eigenvalue weighted by atomic mass is 10.2. The second-order valence-electron chi connectivity index (χ2n) is 3.92. The molecule has 0 saturated carbocycles. The van der Waals surface area contributed by atoms with Gasteiger partial charge in [-0.1, -0.05) is 6.07 Å². The predicted molar refractivity (Wildman–Crippen MR) is 75.7 cm³/mol. The zero-order valence-corrected chi connectivity index (χ0v) is 11.4. The predicted octanol–water partition coefficient (Wildman–Crippen LogP) is 2.74. The quantitative estimate of drug-likeness (QED) is 0.674. The van der Waals surface area contributed by atoms with Crippen molar-refractivity contribution in [1.82, 2.24) is 0 Å². The smallest absolute Gasteiger partial charge is 0.337 e. The summed E-state index contributed by atoms with van der Waals surface area (Å²) < 4.78 is 10.3. The van der Waals surface area contributed by atoms with Crippen LogP contribution in [0.4, 0.5) is 5.69 Å². The monoisotopic (exact) mass is 277 g/mol. The van der Waals surface area contributed by atoms with E-state index in [9.17, 15) is 4.79 Å². The van der Waals surface area contributed by atoms with Gasteiger partial charge in [-0.2, -0.15) is 0 Å². The van der Waals surface area contributed by atoms with Crippen molar-refractivity contribution in [3.05, 3.63) is 46.2 Å². The van der Waals surface area contributed by atoms with E-state index in [-0.39, 0.29) is 0 Å². The van der Waals surface area contributed by atoms with E-state index in [2.05, 4.69) is 10.8 Å². The van der Waals surface area contributed by atoms with Crippen molar-refractivity contribution >= 4 is 23.0 Å². The molecule has 5 heteroatoms. The van der Waals surface area contributed by atoms with Gasteiger partial charge in [0, 0.05) is 11.3 Å². The van der Waals surface area contributed by atoms with Gasteiger partial charge in [0.1, 0.15) is 5.75 Å². The molecule has 0 aliphatic carbocycles. The molecule has 0 fully saturated rings. The average Bonchev–Trinajstić information content (AvgIpc) is 2.93. The zero-order chi connectivity index (χ0) is 13.7. The molecule has 1 aromatic carbocycles. The fraction of sp³-hybridized carbons (Fsp3) is 0.214. The number of ether oxygens (including phenoxy) is 2. The summed E-state index contributed by atoms with van der Waals surface area (Å²) in [4.78, 5) is 12.7. The molecule has 1 aromatic heterocycles. The number of nitrogens with two attached hydrogens (primary N) is 1. The van der Waals surface area contributed by atoms with E-state index in [1.54, 1.807) is 29.5 Å². The Hall–Kier alpha value is -2.01. The minimum Gasteiger partial charge on any atom is -0.491 e. The van der Waals surface area contributed by atoms with Gasteiger partial charge < -0.3 is 15.2 Å². The molecule has 2 N–H and O–H groups in total. The molecule has 0 atom stereocenters. The molecular formula is C14H15NO3S. The fourth-order valence-corrected chi connectivity index (χ4v) is 2.31. The number of hydrogen-bond acceptors (Lipinski definition) is 5. The van der Waals surface area contributed by atoms with Crippen molar-refractivity contribution in [3.63, 3.8) is 0 Å². The summed E-state index contributed by atoms with van der Waals surface area (Å²) in [6.07, 6.45) is 0.819. The number of thiophene rings is 1. The van der Waals surface area contributed by atoms with E-state index in [0.29, 0.717) is 23.6 Å². The van der Waals surface area contributed by atoms with E-state index < -0.39 is 5.97 Å². The number of rotatable bonds is 5. The number of methoxy groups -OCH3 is 1. The highest BCUT2D eigenvalue weighted by Crippen LogP contribution is 2.23. The lowest BCUT2D eigenvalue weighted by Gasteiger charge is -2.09. The maximum Gasteiger partial charge on any atom is 0.337 e. The lowest BCUT2D eigenvalue weighted by Crippen LogP contribution is -2.06. The third-order valence-electron chi connectivity index (χ3n) is 2.62. The fourth-order valence-electron chi connectivity index (χ4n) is 1.62. The highest BCUT2D eigenvalue weighted by Gasteiger charge is 2.09. The Kier molecular flexibility index (Phi) is 4.41. The molecular weight excluding hydrogens is 262 g/mol. The van der Waals surface area contributed by atoms with Crippen LogP contribution in [0.3, 0.4) is 0 Å². The van der Waals surface area contributed by atoms with Gasteiger partial charge in [-0.3, -0.25) is 0 Å². The molecule has 0 radical (unpaired) electrons. The van der Waals surface area contributed by atoms with Gasteiger partial charge in [0.2, 0.25) is 0 Å². The van der Waals surface area contributed by atoms with E-state index in [1.807, 2.05) is 11.4 Å². The summed E-state index contributed by atoms with van der Waals surface area (Å²) in [6, 6.07) is 8.93. The number of hydrogen-bond donors (Lipinski definition) is 1. The van der Waals surface area contributed by atoms with Crippen LogP contribution in [0.25, 0.3) is 0 Å². The summed E-state index contributed by atoms with van der Waals surface area (Å²) in [7, 11) is 1.34. The maximum absolute atomic E-state index is 11.4. The van der Waals surface area contributed by atoms with E-state index in [0.717, 1.165) is 6.42 Å². The minimum atomic E-state index is -0.400. The van der Waals surface area contributed by atoms with Crippen LogP contribution >= 0.6 is 11.3 Å². The molecule has 0 unspecified atom stereocenters.